The van der Waals surface area contributed by atoms with Crippen molar-refractivity contribution in [3.63, 3.8) is 0 Å². The number of nitrogens with zero attached hydrogens (tertiary/aromatic N) is 4. The summed E-state index contributed by atoms with van der Waals surface area (Å²) in [7, 11) is 0. The summed E-state index contributed by atoms with van der Waals surface area (Å²) in [6, 6.07) is 1.81. The molecule has 0 saturated carbocycles. The molecule has 0 aliphatic heterocycles. The Labute approximate surface area is 77.2 Å². The Hall–Kier alpha value is -1.07. The first-order chi connectivity index (χ1) is 5.86. The third-order valence-electron chi connectivity index (χ3n) is 1.23. The van der Waals surface area contributed by atoms with Gasteiger partial charge >= 0.3 is 0 Å². The van der Waals surface area contributed by atoms with Crippen LogP contribution in [-0.4, -0.2) is 20.4 Å². The zero-order valence-corrected chi connectivity index (χ0v) is 7.38. The van der Waals surface area contributed by atoms with Gasteiger partial charge in [-0.15, -0.1) is 10.2 Å². The monoisotopic (exact) mass is 198 g/mol. The van der Waals surface area contributed by atoms with Crippen LogP contribution in [0.25, 0.3) is 10.6 Å². The molecule has 4 nitrogen and oxygen atoms in total. The van der Waals surface area contributed by atoms with Crippen molar-refractivity contribution in [2.75, 3.05) is 0 Å². The standard InChI is InChI=1S/C6H3ClN4S/c7-6-11-10-5(12-6)4-1-2-8-9-3-4/h1-3H. The van der Waals surface area contributed by atoms with Crippen LogP contribution < -0.4 is 0 Å². The number of hydrogen-bond donors (Lipinski definition) is 0. The van der Waals surface area contributed by atoms with Crippen LogP contribution in [0, 0.1) is 0 Å². The highest BCUT2D eigenvalue weighted by Crippen LogP contribution is 2.24. The fraction of sp³-hybridized carbons (Fsp3) is 0. The first-order valence-corrected chi connectivity index (χ1v) is 4.32. The second kappa shape index (κ2) is 3.12. The molecule has 0 unspecified atom stereocenters. The zero-order chi connectivity index (χ0) is 8.39. The summed E-state index contributed by atoms with van der Waals surface area (Å²) in [5, 5.41) is 15.7. The summed E-state index contributed by atoms with van der Waals surface area (Å²) in [4.78, 5) is 0. The molecule has 2 aromatic heterocycles. The molecule has 0 atom stereocenters. The molecule has 0 saturated heterocycles. The molecule has 0 fully saturated rings. The molecule has 2 rings (SSSR count). The average Bonchev–Trinajstić information content (AvgIpc) is 2.54. The van der Waals surface area contributed by atoms with E-state index in [1.807, 2.05) is 6.07 Å². The van der Waals surface area contributed by atoms with Crippen LogP contribution in [0.5, 0.6) is 0 Å². The topological polar surface area (TPSA) is 51.6 Å². The number of halogens is 1. The molecule has 0 bridgehead atoms. The minimum absolute atomic E-state index is 0.432. The predicted octanol–water partition coefficient (Wildman–Crippen LogP) is 1.65. The molecule has 6 heteroatoms. The molecular formula is C6H3ClN4S. The molecular weight excluding hydrogens is 196 g/mol. The SMILES string of the molecule is Clc1nnc(-c2ccnnc2)s1. The number of hydrogen-bond acceptors (Lipinski definition) is 5. The van der Waals surface area contributed by atoms with Gasteiger partial charge < -0.3 is 0 Å². The highest BCUT2D eigenvalue weighted by Gasteiger charge is 2.03. The molecule has 0 aliphatic carbocycles. The Kier molecular flexibility index (Phi) is 1.97. The van der Waals surface area contributed by atoms with Gasteiger partial charge in [0, 0.05) is 5.56 Å². The van der Waals surface area contributed by atoms with E-state index in [0.717, 1.165) is 10.6 Å². The third kappa shape index (κ3) is 1.41. The molecule has 2 aromatic rings. The van der Waals surface area contributed by atoms with Crippen molar-refractivity contribution in [1.29, 1.82) is 0 Å². The molecule has 12 heavy (non-hydrogen) atoms. The van der Waals surface area contributed by atoms with Gasteiger partial charge in [0.05, 0.1) is 12.4 Å². The normalized spacial score (nSPS) is 10.1. The highest BCUT2D eigenvalue weighted by molar-refractivity contribution is 7.18. The van der Waals surface area contributed by atoms with E-state index in [-0.39, 0.29) is 0 Å². The molecule has 0 aromatic carbocycles. The van der Waals surface area contributed by atoms with Crippen LogP contribution in [0.2, 0.25) is 4.47 Å². The number of aromatic nitrogens is 4. The largest absolute Gasteiger partial charge is 0.207 e. The Bertz CT molecular complexity index is 374. The van der Waals surface area contributed by atoms with Crippen molar-refractivity contribution in [3.8, 4) is 10.6 Å². The lowest BCUT2D eigenvalue weighted by molar-refractivity contribution is 1.03. The van der Waals surface area contributed by atoms with Crippen LogP contribution in [0.4, 0.5) is 0 Å². The van der Waals surface area contributed by atoms with Crippen molar-refractivity contribution >= 4 is 22.9 Å². The van der Waals surface area contributed by atoms with Crippen LogP contribution in [0.15, 0.2) is 18.5 Å². The maximum absolute atomic E-state index is 5.62. The van der Waals surface area contributed by atoms with Crippen LogP contribution in [-0.2, 0) is 0 Å². The van der Waals surface area contributed by atoms with Crippen molar-refractivity contribution in [2.24, 2.45) is 0 Å². The Morgan fingerprint density at radius 3 is 2.75 bits per heavy atom. The number of rotatable bonds is 1. The van der Waals surface area contributed by atoms with Gasteiger partial charge in [-0.3, -0.25) is 0 Å². The van der Waals surface area contributed by atoms with Gasteiger partial charge in [-0.1, -0.05) is 11.3 Å². The van der Waals surface area contributed by atoms with Crippen molar-refractivity contribution < 1.29 is 0 Å². The van der Waals surface area contributed by atoms with E-state index < -0.39 is 0 Å². The Morgan fingerprint density at radius 2 is 2.17 bits per heavy atom. The summed E-state index contributed by atoms with van der Waals surface area (Å²) in [5.74, 6) is 0. The lowest BCUT2D eigenvalue weighted by Crippen LogP contribution is -1.80. The van der Waals surface area contributed by atoms with E-state index in [0.29, 0.717) is 4.47 Å². The van der Waals surface area contributed by atoms with E-state index in [2.05, 4.69) is 20.4 Å². The van der Waals surface area contributed by atoms with Gasteiger partial charge in [-0.25, -0.2) is 0 Å². The van der Waals surface area contributed by atoms with Crippen molar-refractivity contribution in [2.45, 2.75) is 0 Å². The minimum atomic E-state index is 0.432. The van der Waals surface area contributed by atoms with Crippen LogP contribution >= 0.6 is 22.9 Å². The van der Waals surface area contributed by atoms with Gasteiger partial charge in [-0.05, 0) is 17.7 Å². The van der Waals surface area contributed by atoms with Crippen LogP contribution in [0.3, 0.4) is 0 Å². The van der Waals surface area contributed by atoms with Crippen molar-refractivity contribution in [3.05, 3.63) is 22.9 Å². The maximum atomic E-state index is 5.62. The van der Waals surface area contributed by atoms with Gasteiger partial charge in [0.1, 0.15) is 0 Å². The molecule has 0 amide bonds. The van der Waals surface area contributed by atoms with E-state index in [9.17, 15) is 0 Å². The van der Waals surface area contributed by atoms with E-state index in [1.165, 1.54) is 11.3 Å². The predicted molar refractivity (Wildman–Crippen MR) is 45.9 cm³/mol. The Morgan fingerprint density at radius 1 is 1.25 bits per heavy atom. The zero-order valence-electron chi connectivity index (χ0n) is 5.81. The lowest BCUT2D eigenvalue weighted by atomic mass is 10.3. The molecule has 0 radical (unpaired) electrons. The smallest absolute Gasteiger partial charge is 0.159 e. The summed E-state index contributed by atoms with van der Waals surface area (Å²) >= 11 is 6.94. The summed E-state index contributed by atoms with van der Waals surface area (Å²) in [5.41, 5.74) is 0.884. The molecule has 60 valence electrons. The molecule has 0 N–H and O–H groups in total. The fourth-order valence-electron chi connectivity index (χ4n) is 0.739. The van der Waals surface area contributed by atoms with Gasteiger partial charge in [-0.2, -0.15) is 10.2 Å². The quantitative estimate of drug-likeness (QED) is 0.699. The van der Waals surface area contributed by atoms with Gasteiger partial charge in [0.25, 0.3) is 0 Å². The summed E-state index contributed by atoms with van der Waals surface area (Å²) in [6.07, 6.45) is 3.22. The van der Waals surface area contributed by atoms with Gasteiger partial charge in [0.2, 0.25) is 4.47 Å². The fourth-order valence-corrected chi connectivity index (χ4v) is 1.56. The first kappa shape index (κ1) is 7.57. The van der Waals surface area contributed by atoms with E-state index in [4.69, 9.17) is 11.6 Å². The van der Waals surface area contributed by atoms with Gasteiger partial charge in [0.15, 0.2) is 5.01 Å². The second-order valence-corrected chi connectivity index (χ2v) is 3.55. The average molecular weight is 199 g/mol. The third-order valence-corrected chi connectivity index (χ3v) is 2.30. The van der Waals surface area contributed by atoms with E-state index in [1.54, 1.807) is 12.4 Å². The minimum Gasteiger partial charge on any atom is -0.159 e. The maximum Gasteiger partial charge on any atom is 0.207 e. The molecule has 2 heterocycles. The van der Waals surface area contributed by atoms with Crippen molar-refractivity contribution in [1.82, 2.24) is 20.4 Å². The summed E-state index contributed by atoms with van der Waals surface area (Å²) in [6.45, 7) is 0. The molecule has 0 aliphatic rings. The first-order valence-electron chi connectivity index (χ1n) is 3.12. The lowest BCUT2D eigenvalue weighted by Gasteiger charge is -1.88. The Balaban J connectivity index is 2.45. The highest BCUT2D eigenvalue weighted by atomic mass is 35.5. The van der Waals surface area contributed by atoms with Crippen LogP contribution in [0.1, 0.15) is 0 Å². The summed E-state index contributed by atoms with van der Waals surface area (Å²) < 4.78 is 0.432. The van der Waals surface area contributed by atoms with E-state index >= 15 is 0 Å². The molecule has 0 spiro atoms. The second-order valence-electron chi connectivity index (χ2n) is 1.99.